The second kappa shape index (κ2) is 8.14. The van der Waals surface area contributed by atoms with Crippen molar-refractivity contribution < 1.29 is 35.1 Å². The molecule has 6 N–H and O–H groups in total. The molecule has 1 heterocycles. The summed E-state index contributed by atoms with van der Waals surface area (Å²) >= 11 is 0. The molecule has 0 saturated heterocycles. The lowest BCUT2D eigenvalue weighted by Gasteiger charge is -2.22. The van der Waals surface area contributed by atoms with Gasteiger partial charge in [-0.3, -0.25) is 9.78 Å². The number of nitrogens with zero attached hydrogens (tertiary/aromatic N) is 2. The zero-order chi connectivity index (χ0) is 16.7. The first-order valence-corrected chi connectivity index (χ1v) is 6.03. The molecular formula is C12H15N3O7. The number of hydrogen-bond donors (Lipinski definition) is 6. The average molecular weight is 313 g/mol. The molecule has 22 heavy (non-hydrogen) atoms. The highest BCUT2D eigenvalue weighted by molar-refractivity contribution is 5.94. The number of aliphatic hydroxyl groups excluding tert-OH is 4. The first-order valence-electron chi connectivity index (χ1n) is 6.03. The van der Waals surface area contributed by atoms with Gasteiger partial charge in [0.25, 0.3) is 5.91 Å². The summed E-state index contributed by atoms with van der Waals surface area (Å²) < 4.78 is 0. The van der Waals surface area contributed by atoms with Crippen molar-refractivity contribution >= 4 is 18.1 Å². The fourth-order valence-electron chi connectivity index (χ4n) is 1.36. The maximum Gasteiger partial charge on any atom is 0.335 e. The van der Waals surface area contributed by atoms with E-state index in [0.29, 0.717) is 6.21 Å². The topological polar surface area (TPSA) is 173 Å². The van der Waals surface area contributed by atoms with Gasteiger partial charge in [0.15, 0.2) is 6.10 Å². The van der Waals surface area contributed by atoms with E-state index in [1.807, 2.05) is 5.43 Å². The van der Waals surface area contributed by atoms with Crippen LogP contribution in [0.4, 0.5) is 0 Å². The Kier molecular flexibility index (Phi) is 6.53. The van der Waals surface area contributed by atoms with Crippen molar-refractivity contribution in [2.24, 2.45) is 5.10 Å². The van der Waals surface area contributed by atoms with Crippen molar-refractivity contribution in [1.82, 2.24) is 10.4 Å². The Balaban J connectivity index is 2.55. The number of aromatic nitrogens is 1. The molecule has 1 aromatic rings. The van der Waals surface area contributed by atoms with Crippen LogP contribution in [0.15, 0.2) is 29.6 Å². The van der Waals surface area contributed by atoms with Gasteiger partial charge in [0, 0.05) is 18.0 Å². The highest BCUT2D eigenvalue weighted by atomic mass is 16.4. The van der Waals surface area contributed by atoms with Gasteiger partial charge in [0.1, 0.15) is 18.3 Å². The van der Waals surface area contributed by atoms with Gasteiger partial charge in [-0.2, -0.15) is 5.10 Å². The average Bonchev–Trinajstić information content (AvgIpc) is 2.53. The number of carboxylic acid groups (broad SMARTS) is 1. The van der Waals surface area contributed by atoms with Crippen molar-refractivity contribution in [3.8, 4) is 0 Å². The summed E-state index contributed by atoms with van der Waals surface area (Å²) in [5.74, 6) is -2.37. The van der Waals surface area contributed by atoms with E-state index in [9.17, 15) is 24.9 Å². The smallest absolute Gasteiger partial charge is 0.335 e. The van der Waals surface area contributed by atoms with Gasteiger partial charge in [0.2, 0.25) is 0 Å². The minimum absolute atomic E-state index is 0.253. The normalized spacial score (nSPS) is 16.7. The van der Waals surface area contributed by atoms with Crippen LogP contribution in [0.25, 0.3) is 0 Å². The summed E-state index contributed by atoms with van der Waals surface area (Å²) in [4.78, 5) is 25.7. The summed E-state index contributed by atoms with van der Waals surface area (Å²) in [6, 6.07) is 2.84. The minimum Gasteiger partial charge on any atom is -0.479 e. The predicted octanol–water partition coefficient (Wildman–Crippen LogP) is -2.67. The Morgan fingerprint density at radius 1 is 1.14 bits per heavy atom. The molecule has 10 heteroatoms. The van der Waals surface area contributed by atoms with Crippen molar-refractivity contribution in [3.05, 3.63) is 30.1 Å². The maximum absolute atomic E-state index is 11.6. The number of aliphatic carboxylic acids is 1. The number of hydrazone groups is 1. The van der Waals surface area contributed by atoms with Crippen molar-refractivity contribution in [2.75, 3.05) is 0 Å². The Bertz CT molecular complexity index is 537. The molecule has 0 saturated carbocycles. The molecule has 10 nitrogen and oxygen atoms in total. The highest BCUT2D eigenvalue weighted by Gasteiger charge is 2.33. The molecule has 0 aromatic carbocycles. The van der Waals surface area contributed by atoms with E-state index in [0.717, 1.165) is 0 Å². The third-order valence-electron chi connectivity index (χ3n) is 2.61. The van der Waals surface area contributed by atoms with Crippen molar-refractivity contribution in [2.45, 2.75) is 24.4 Å². The summed E-state index contributed by atoms with van der Waals surface area (Å²) in [6.45, 7) is 0. The van der Waals surface area contributed by atoms with E-state index < -0.39 is 36.3 Å². The third kappa shape index (κ3) is 4.86. The van der Waals surface area contributed by atoms with Crippen molar-refractivity contribution in [1.29, 1.82) is 0 Å². The molecule has 0 bridgehead atoms. The van der Waals surface area contributed by atoms with Gasteiger partial charge in [-0.25, -0.2) is 10.2 Å². The summed E-state index contributed by atoms with van der Waals surface area (Å²) in [6.07, 6.45) is -4.75. The van der Waals surface area contributed by atoms with E-state index in [1.54, 1.807) is 0 Å². The molecule has 1 amide bonds. The number of carbonyl (C=O) groups excluding carboxylic acids is 1. The Hall–Kier alpha value is -2.40. The van der Waals surface area contributed by atoms with Crippen LogP contribution >= 0.6 is 0 Å². The number of pyridine rings is 1. The van der Waals surface area contributed by atoms with Crippen LogP contribution in [0.1, 0.15) is 10.4 Å². The predicted molar refractivity (Wildman–Crippen MR) is 71.9 cm³/mol. The van der Waals surface area contributed by atoms with E-state index in [1.165, 1.54) is 24.5 Å². The zero-order valence-electron chi connectivity index (χ0n) is 11.1. The molecule has 120 valence electrons. The molecule has 0 fully saturated rings. The maximum atomic E-state index is 11.6. The number of carbonyl (C=O) groups is 2. The molecule has 0 aliphatic heterocycles. The van der Waals surface area contributed by atoms with Crippen LogP contribution in [0.5, 0.6) is 0 Å². The van der Waals surface area contributed by atoms with Crippen LogP contribution in [-0.2, 0) is 4.79 Å². The summed E-state index contributed by atoms with van der Waals surface area (Å²) in [5.41, 5.74) is 2.30. The lowest BCUT2D eigenvalue weighted by Crippen LogP contribution is -2.48. The van der Waals surface area contributed by atoms with Gasteiger partial charge in [-0.05, 0) is 12.1 Å². The molecule has 0 spiro atoms. The molecule has 0 aliphatic rings. The van der Waals surface area contributed by atoms with Crippen LogP contribution in [0.3, 0.4) is 0 Å². The number of nitrogens with one attached hydrogen (secondary N) is 1. The standard InChI is InChI=1S/C12H15N3O7/c16-7(8(17)9(18)10(19)12(21)22)5-14-15-11(20)6-1-3-13-4-2-6/h1-5,7-10,16-19H,(H,15,20)(H,21,22)/b14-5-/t7-,8+,9-,10-/m0/s1. The Labute approximate surface area is 124 Å². The van der Waals surface area contributed by atoms with Gasteiger partial charge in [0.05, 0.1) is 6.21 Å². The van der Waals surface area contributed by atoms with Gasteiger partial charge < -0.3 is 25.5 Å². The van der Waals surface area contributed by atoms with E-state index in [4.69, 9.17) is 10.2 Å². The number of hydrogen-bond acceptors (Lipinski definition) is 8. The first kappa shape index (κ1) is 17.7. The zero-order valence-corrected chi connectivity index (χ0v) is 11.1. The Morgan fingerprint density at radius 2 is 1.73 bits per heavy atom. The van der Waals surface area contributed by atoms with Crippen LogP contribution in [-0.4, -0.2) is 73.0 Å². The van der Waals surface area contributed by atoms with Gasteiger partial charge in [-0.1, -0.05) is 0 Å². The minimum atomic E-state index is -2.27. The lowest BCUT2D eigenvalue weighted by molar-refractivity contribution is -0.160. The third-order valence-corrected chi connectivity index (χ3v) is 2.61. The molecule has 4 atom stereocenters. The molecular weight excluding hydrogens is 298 g/mol. The second-order valence-corrected chi connectivity index (χ2v) is 4.21. The second-order valence-electron chi connectivity index (χ2n) is 4.21. The fourth-order valence-corrected chi connectivity index (χ4v) is 1.36. The summed E-state index contributed by atoms with van der Waals surface area (Å²) in [5, 5.41) is 49.1. The summed E-state index contributed by atoms with van der Waals surface area (Å²) in [7, 11) is 0. The van der Waals surface area contributed by atoms with Crippen molar-refractivity contribution in [3.63, 3.8) is 0 Å². The number of aliphatic hydroxyl groups is 4. The lowest BCUT2D eigenvalue weighted by atomic mass is 10.0. The number of rotatable bonds is 7. The molecule has 0 radical (unpaired) electrons. The monoisotopic (exact) mass is 313 g/mol. The van der Waals surface area contributed by atoms with Crippen LogP contribution < -0.4 is 5.43 Å². The quantitative estimate of drug-likeness (QED) is 0.233. The molecule has 0 unspecified atom stereocenters. The largest absolute Gasteiger partial charge is 0.479 e. The van der Waals surface area contributed by atoms with E-state index in [-0.39, 0.29) is 5.56 Å². The Morgan fingerprint density at radius 3 is 2.27 bits per heavy atom. The fraction of sp³-hybridized carbons (Fsp3) is 0.333. The van der Waals surface area contributed by atoms with Gasteiger partial charge >= 0.3 is 5.97 Å². The van der Waals surface area contributed by atoms with E-state index >= 15 is 0 Å². The van der Waals surface area contributed by atoms with Crippen LogP contribution in [0.2, 0.25) is 0 Å². The molecule has 0 aliphatic carbocycles. The van der Waals surface area contributed by atoms with Gasteiger partial charge in [-0.15, -0.1) is 0 Å². The number of amides is 1. The molecule has 1 aromatic heterocycles. The first-order chi connectivity index (χ1) is 10.3. The number of carboxylic acids is 1. The highest BCUT2D eigenvalue weighted by Crippen LogP contribution is 2.04. The van der Waals surface area contributed by atoms with E-state index in [2.05, 4.69) is 10.1 Å². The SMILES string of the molecule is O=C(N/N=C\[C@H](O)[C@@H](O)[C@H](O)[C@H](O)C(=O)O)c1ccncc1. The van der Waals surface area contributed by atoms with Crippen LogP contribution in [0, 0.1) is 0 Å². The molecule has 1 rings (SSSR count).